The predicted octanol–water partition coefficient (Wildman–Crippen LogP) is 3.26. The van der Waals surface area contributed by atoms with Gasteiger partial charge in [-0.05, 0) is 61.7 Å². The van der Waals surface area contributed by atoms with Crippen LogP contribution in [-0.2, 0) is 20.7 Å². The molecule has 1 amide bonds. The molecule has 9 heteroatoms. The SMILES string of the molecule is CCOc1cc(C2C(=C(O)c3ccc4c(c3)CC(C)O4)C(=O)C(=O)N2CCCN2CCOCC2)ccc1O. The number of rotatable bonds is 8. The van der Waals surface area contributed by atoms with E-state index in [9.17, 15) is 19.8 Å². The summed E-state index contributed by atoms with van der Waals surface area (Å²) in [6, 6.07) is 9.28. The minimum absolute atomic E-state index is 0.0291. The van der Waals surface area contributed by atoms with Crippen LogP contribution in [0.4, 0.5) is 0 Å². The first kappa shape index (κ1) is 26.1. The van der Waals surface area contributed by atoms with Gasteiger partial charge in [-0.2, -0.15) is 0 Å². The Morgan fingerprint density at radius 1 is 1.11 bits per heavy atom. The van der Waals surface area contributed by atoms with E-state index >= 15 is 0 Å². The van der Waals surface area contributed by atoms with E-state index in [0.29, 0.717) is 50.3 Å². The van der Waals surface area contributed by atoms with E-state index in [1.165, 1.54) is 11.0 Å². The topological polar surface area (TPSA) is 109 Å². The summed E-state index contributed by atoms with van der Waals surface area (Å²) < 4.78 is 16.8. The molecule has 0 saturated carbocycles. The molecular weight excluding hydrogens is 488 g/mol. The highest BCUT2D eigenvalue weighted by Gasteiger charge is 2.46. The highest BCUT2D eigenvalue weighted by atomic mass is 16.5. The number of phenols is 1. The molecule has 0 spiro atoms. The van der Waals surface area contributed by atoms with Crippen molar-refractivity contribution in [1.82, 2.24) is 9.80 Å². The monoisotopic (exact) mass is 522 g/mol. The van der Waals surface area contributed by atoms with Gasteiger partial charge in [-0.1, -0.05) is 6.07 Å². The Kier molecular flexibility index (Phi) is 7.58. The Morgan fingerprint density at radius 3 is 2.66 bits per heavy atom. The Bertz CT molecular complexity index is 1250. The molecule has 3 heterocycles. The quantitative estimate of drug-likeness (QED) is 0.309. The number of benzene rings is 2. The third kappa shape index (κ3) is 5.08. The lowest BCUT2D eigenvalue weighted by molar-refractivity contribution is -0.140. The van der Waals surface area contributed by atoms with Crippen LogP contribution >= 0.6 is 0 Å². The smallest absolute Gasteiger partial charge is 0.295 e. The minimum Gasteiger partial charge on any atom is -0.507 e. The third-order valence-electron chi connectivity index (χ3n) is 7.29. The summed E-state index contributed by atoms with van der Waals surface area (Å²) in [6.07, 6.45) is 1.40. The molecule has 0 aliphatic carbocycles. The number of aliphatic hydroxyl groups excluding tert-OH is 1. The fourth-order valence-corrected chi connectivity index (χ4v) is 5.44. The first-order valence-electron chi connectivity index (χ1n) is 13.2. The first-order valence-corrected chi connectivity index (χ1v) is 13.2. The van der Waals surface area contributed by atoms with E-state index in [1.807, 2.05) is 19.9 Å². The molecule has 0 bridgehead atoms. The van der Waals surface area contributed by atoms with E-state index < -0.39 is 17.7 Å². The summed E-state index contributed by atoms with van der Waals surface area (Å²) in [6.45, 7) is 8.26. The number of carbonyl (C=O) groups excluding carboxylic acids is 2. The molecule has 38 heavy (non-hydrogen) atoms. The number of aromatic hydroxyl groups is 1. The van der Waals surface area contributed by atoms with Crippen LogP contribution in [0, 0.1) is 0 Å². The molecule has 2 unspecified atom stereocenters. The van der Waals surface area contributed by atoms with E-state index in [4.69, 9.17) is 14.2 Å². The average molecular weight is 523 g/mol. The Hall–Kier alpha value is -3.56. The fourth-order valence-electron chi connectivity index (χ4n) is 5.44. The molecule has 0 aromatic heterocycles. The molecule has 3 aliphatic heterocycles. The zero-order valence-electron chi connectivity index (χ0n) is 21.8. The second-order valence-corrected chi connectivity index (χ2v) is 9.92. The van der Waals surface area contributed by atoms with E-state index in [1.54, 1.807) is 24.3 Å². The van der Waals surface area contributed by atoms with Crippen molar-refractivity contribution in [1.29, 1.82) is 0 Å². The van der Waals surface area contributed by atoms with Gasteiger partial charge in [-0.25, -0.2) is 0 Å². The maximum atomic E-state index is 13.4. The lowest BCUT2D eigenvalue weighted by Gasteiger charge is -2.29. The number of ketones is 1. The van der Waals surface area contributed by atoms with Crippen molar-refractivity contribution >= 4 is 17.4 Å². The van der Waals surface area contributed by atoms with Crippen molar-refractivity contribution in [3.05, 3.63) is 58.7 Å². The summed E-state index contributed by atoms with van der Waals surface area (Å²) in [5.74, 6) is -0.621. The molecule has 2 aromatic rings. The number of nitrogens with zero attached hydrogens (tertiary/aromatic N) is 2. The molecule has 202 valence electrons. The number of likely N-dealkylation sites (tertiary alicyclic amines) is 1. The van der Waals surface area contributed by atoms with Crippen molar-refractivity contribution in [2.45, 2.75) is 38.8 Å². The van der Waals surface area contributed by atoms with Gasteiger partial charge >= 0.3 is 0 Å². The van der Waals surface area contributed by atoms with Crippen LogP contribution in [0.25, 0.3) is 5.76 Å². The van der Waals surface area contributed by atoms with Crippen molar-refractivity contribution in [2.75, 3.05) is 46.0 Å². The number of ether oxygens (including phenoxy) is 3. The number of Topliss-reactive ketones (excluding diaryl/α,β-unsaturated/α-hetero) is 1. The van der Waals surface area contributed by atoms with Gasteiger partial charge in [-0.15, -0.1) is 0 Å². The van der Waals surface area contributed by atoms with Crippen molar-refractivity contribution in [3.8, 4) is 17.2 Å². The molecule has 9 nitrogen and oxygen atoms in total. The summed E-state index contributed by atoms with van der Waals surface area (Å²) in [4.78, 5) is 30.5. The summed E-state index contributed by atoms with van der Waals surface area (Å²) in [5.41, 5.74) is 2.01. The molecular formula is C29H34N2O7. The maximum absolute atomic E-state index is 13.4. The standard InChI is InChI=1S/C29H34N2O7/c1-3-37-24-17-19(5-7-22(24)32)26-25(27(33)20-6-8-23-21(16-20)15-18(2)38-23)28(34)29(35)31(26)10-4-9-30-11-13-36-14-12-30/h5-8,16-18,26,32-33H,3-4,9-15H2,1-2H3. The van der Waals surface area contributed by atoms with Gasteiger partial charge in [0.05, 0.1) is 31.4 Å². The van der Waals surface area contributed by atoms with E-state index in [-0.39, 0.29) is 28.9 Å². The van der Waals surface area contributed by atoms with Gasteiger partial charge in [0.25, 0.3) is 11.7 Å². The van der Waals surface area contributed by atoms with E-state index in [0.717, 1.165) is 30.9 Å². The molecule has 3 aliphatic rings. The number of amides is 1. The second kappa shape index (κ2) is 11.0. The van der Waals surface area contributed by atoms with Gasteiger partial charge in [0.15, 0.2) is 11.5 Å². The van der Waals surface area contributed by atoms with Crippen LogP contribution in [0.2, 0.25) is 0 Å². The average Bonchev–Trinajstić information content (AvgIpc) is 3.41. The zero-order valence-corrected chi connectivity index (χ0v) is 21.8. The number of hydrogen-bond donors (Lipinski definition) is 2. The zero-order chi connectivity index (χ0) is 26.8. The highest BCUT2D eigenvalue weighted by Crippen LogP contribution is 2.42. The Balaban J connectivity index is 1.51. The number of morpholine rings is 1. The van der Waals surface area contributed by atoms with Crippen LogP contribution in [0.5, 0.6) is 17.2 Å². The van der Waals surface area contributed by atoms with Crippen molar-refractivity contribution in [2.24, 2.45) is 0 Å². The van der Waals surface area contributed by atoms with Crippen molar-refractivity contribution in [3.63, 3.8) is 0 Å². The van der Waals surface area contributed by atoms with Crippen LogP contribution < -0.4 is 9.47 Å². The molecule has 2 fully saturated rings. The molecule has 2 aromatic carbocycles. The largest absolute Gasteiger partial charge is 0.507 e. The predicted molar refractivity (Wildman–Crippen MR) is 140 cm³/mol. The lowest BCUT2D eigenvalue weighted by Crippen LogP contribution is -2.38. The highest BCUT2D eigenvalue weighted by molar-refractivity contribution is 6.46. The van der Waals surface area contributed by atoms with Crippen LogP contribution in [-0.4, -0.2) is 83.8 Å². The van der Waals surface area contributed by atoms with Crippen LogP contribution in [0.1, 0.15) is 43.0 Å². The summed E-state index contributed by atoms with van der Waals surface area (Å²) in [7, 11) is 0. The lowest BCUT2D eigenvalue weighted by atomic mass is 9.94. The number of hydrogen-bond acceptors (Lipinski definition) is 8. The Labute approximate surface area is 222 Å². The van der Waals surface area contributed by atoms with Crippen LogP contribution in [0.3, 0.4) is 0 Å². The molecule has 2 saturated heterocycles. The molecule has 5 rings (SSSR count). The summed E-state index contributed by atoms with van der Waals surface area (Å²) in [5, 5.41) is 21.7. The normalized spacial score (nSPS) is 22.9. The molecule has 2 atom stereocenters. The van der Waals surface area contributed by atoms with Gasteiger partial charge in [0.2, 0.25) is 0 Å². The Morgan fingerprint density at radius 2 is 1.89 bits per heavy atom. The number of carbonyl (C=O) groups is 2. The number of aliphatic hydroxyl groups is 1. The van der Waals surface area contributed by atoms with Crippen molar-refractivity contribution < 1.29 is 34.0 Å². The summed E-state index contributed by atoms with van der Waals surface area (Å²) >= 11 is 0. The van der Waals surface area contributed by atoms with Gasteiger partial charge in [0, 0.05) is 38.2 Å². The molecule has 2 N–H and O–H groups in total. The number of phenolic OH excluding ortho intramolecular Hbond substituents is 1. The maximum Gasteiger partial charge on any atom is 0.295 e. The minimum atomic E-state index is -0.817. The first-order chi connectivity index (χ1) is 18.4. The van der Waals surface area contributed by atoms with Gasteiger partial charge < -0.3 is 29.3 Å². The second-order valence-electron chi connectivity index (χ2n) is 9.92. The molecule has 0 radical (unpaired) electrons. The van der Waals surface area contributed by atoms with Gasteiger partial charge in [0.1, 0.15) is 17.6 Å². The van der Waals surface area contributed by atoms with E-state index in [2.05, 4.69) is 4.90 Å². The number of fused-ring (bicyclic) bond motifs is 1. The van der Waals surface area contributed by atoms with Gasteiger partial charge in [-0.3, -0.25) is 14.5 Å². The van der Waals surface area contributed by atoms with Crippen LogP contribution in [0.15, 0.2) is 42.0 Å². The third-order valence-corrected chi connectivity index (χ3v) is 7.29. The fraction of sp³-hybridized carbons (Fsp3) is 0.448.